The van der Waals surface area contributed by atoms with Crippen LogP contribution in [0.15, 0.2) is 53.6 Å². The molecule has 0 spiro atoms. The van der Waals surface area contributed by atoms with Crippen LogP contribution in [0.4, 0.5) is 5.69 Å². The summed E-state index contributed by atoms with van der Waals surface area (Å²) < 4.78 is 1.43. The van der Waals surface area contributed by atoms with Gasteiger partial charge in [-0.05, 0) is 56.4 Å². The van der Waals surface area contributed by atoms with Gasteiger partial charge in [-0.3, -0.25) is 5.43 Å². The van der Waals surface area contributed by atoms with Crippen molar-refractivity contribution in [2.24, 2.45) is 5.10 Å². The lowest BCUT2D eigenvalue weighted by molar-refractivity contribution is 0.0697. The molecule has 148 valence electrons. The number of nitrogens with zero attached hydrogens (tertiary/aromatic N) is 3. The lowest BCUT2D eigenvalue weighted by Crippen LogP contribution is -2.24. The van der Waals surface area contributed by atoms with E-state index >= 15 is 0 Å². The SMILES string of the molecule is Cc1ccc(-n2nc(C)c(C=NNC(=S)Nc3cccc(C(=O)O)c3)c2O)cc1. The summed E-state index contributed by atoms with van der Waals surface area (Å²) in [5, 5.41) is 30.9. The van der Waals surface area contributed by atoms with Gasteiger partial charge in [-0.1, -0.05) is 23.8 Å². The molecular formula is C20H19N5O3S. The predicted octanol–water partition coefficient (Wildman–Crippen LogP) is 3.21. The lowest BCUT2D eigenvalue weighted by Gasteiger charge is -2.07. The maximum atomic E-state index is 11.0. The van der Waals surface area contributed by atoms with Crippen LogP contribution in [-0.4, -0.2) is 37.3 Å². The molecule has 0 saturated heterocycles. The Bertz CT molecular complexity index is 1090. The van der Waals surface area contributed by atoms with E-state index in [9.17, 15) is 9.90 Å². The third-order valence-electron chi connectivity index (χ3n) is 4.09. The topological polar surface area (TPSA) is 112 Å². The standard InChI is InChI=1S/C20H19N5O3S/c1-12-6-8-16(9-7-12)25-18(26)17(13(2)24-25)11-21-23-20(29)22-15-5-3-4-14(10-15)19(27)28/h3-11,26H,1-2H3,(H,27,28)(H2,22,23,29). The van der Waals surface area contributed by atoms with Crippen LogP contribution in [0.2, 0.25) is 0 Å². The summed E-state index contributed by atoms with van der Waals surface area (Å²) in [5.41, 5.74) is 6.19. The van der Waals surface area contributed by atoms with Crippen LogP contribution in [0.1, 0.15) is 27.2 Å². The van der Waals surface area contributed by atoms with Gasteiger partial charge in [-0.25, -0.2) is 9.48 Å². The largest absolute Gasteiger partial charge is 0.493 e. The van der Waals surface area contributed by atoms with E-state index < -0.39 is 5.97 Å². The van der Waals surface area contributed by atoms with Gasteiger partial charge in [-0.2, -0.15) is 10.2 Å². The minimum Gasteiger partial charge on any atom is -0.493 e. The summed E-state index contributed by atoms with van der Waals surface area (Å²) in [6.45, 7) is 3.75. The minimum atomic E-state index is -1.03. The Labute approximate surface area is 172 Å². The number of hydrogen-bond acceptors (Lipinski definition) is 5. The predicted molar refractivity (Wildman–Crippen MR) is 115 cm³/mol. The first-order valence-corrected chi connectivity index (χ1v) is 9.05. The highest BCUT2D eigenvalue weighted by Crippen LogP contribution is 2.23. The number of rotatable bonds is 5. The number of hydrazone groups is 1. The van der Waals surface area contributed by atoms with Gasteiger partial charge in [0.2, 0.25) is 5.88 Å². The molecule has 3 aromatic rings. The van der Waals surface area contributed by atoms with Crippen molar-refractivity contribution >= 4 is 35.2 Å². The Morgan fingerprint density at radius 1 is 1.21 bits per heavy atom. The van der Waals surface area contributed by atoms with E-state index in [4.69, 9.17) is 17.3 Å². The summed E-state index contributed by atoms with van der Waals surface area (Å²) in [7, 11) is 0. The fraction of sp³-hybridized carbons (Fsp3) is 0.100. The van der Waals surface area contributed by atoms with Crippen molar-refractivity contribution in [3.63, 3.8) is 0 Å². The van der Waals surface area contributed by atoms with Crippen LogP contribution in [0.5, 0.6) is 5.88 Å². The first-order valence-electron chi connectivity index (χ1n) is 8.64. The van der Waals surface area contributed by atoms with Gasteiger partial charge in [0, 0.05) is 5.69 Å². The molecule has 9 heteroatoms. The van der Waals surface area contributed by atoms with Crippen LogP contribution in [0.3, 0.4) is 0 Å². The molecule has 0 amide bonds. The maximum absolute atomic E-state index is 11.0. The molecule has 0 radical (unpaired) electrons. The molecule has 0 aliphatic carbocycles. The number of carbonyl (C=O) groups is 1. The lowest BCUT2D eigenvalue weighted by atomic mass is 10.2. The van der Waals surface area contributed by atoms with Gasteiger partial charge < -0.3 is 15.5 Å². The molecule has 29 heavy (non-hydrogen) atoms. The fourth-order valence-electron chi connectivity index (χ4n) is 2.59. The summed E-state index contributed by atoms with van der Waals surface area (Å²) in [6, 6.07) is 13.8. The Balaban J connectivity index is 1.69. The van der Waals surface area contributed by atoms with E-state index in [1.807, 2.05) is 31.2 Å². The Kier molecular flexibility index (Phi) is 5.89. The number of aromatic nitrogens is 2. The molecule has 0 atom stereocenters. The third-order valence-corrected chi connectivity index (χ3v) is 4.28. The number of aromatic carboxylic acids is 1. The number of aromatic hydroxyl groups is 1. The average Bonchev–Trinajstić information content (AvgIpc) is 2.97. The number of carboxylic acid groups (broad SMARTS) is 1. The Hall–Kier alpha value is -3.72. The summed E-state index contributed by atoms with van der Waals surface area (Å²) >= 11 is 5.15. The van der Waals surface area contributed by atoms with Gasteiger partial charge in [-0.15, -0.1) is 0 Å². The molecule has 1 heterocycles. The highest BCUT2D eigenvalue weighted by atomic mass is 32.1. The van der Waals surface area contributed by atoms with Crippen LogP contribution in [0.25, 0.3) is 5.69 Å². The second kappa shape index (κ2) is 8.53. The fourth-order valence-corrected chi connectivity index (χ4v) is 2.76. The second-order valence-corrected chi connectivity index (χ2v) is 6.69. The quantitative estimate of drug-likeness (QED) is 0.291. The molecule has 2 aromatic carbocycles. The van der Waals surface area contributed by atoms with Gasteiger partial charge in [0.1, 0.15) is 0 Å². The van der Waals surface area contributed by atoms with Gasteiger partial charge in [0.25, 0.3) is 0 Å². The molecule has 0 saturated carbocycles. The zero-order valence-electron chi connectivity index (χ0n) is 15.7. The Morgan fingerprint density at radius 3 is 2.62 bits per heavy atom. The van der Waals surface area contributed by atoms with Crippen molar-refractivity contribution in [2.45, 2.75) is 13.8 Å². The number of carboxylic acids is 1. The summed E-state index contributed by atoms with van der Waals surface area (Å²) in [6.07, 6.45) is 1.42. The van der Waals surface area contributed by atoms with E-state index in [1.54, 1.807) is 19.1 Å². The Morgan fingerprint density at radius 2 is 1.93 bits per heavy atom. The molecule has 4 N–H and O–H groups in total. The van der Waals surface area contributed by atoms with E-state index in [2.05, 4.69) is 20.9 Å². The van der Waals surface area contributed by atoms with Gasteiger partial charge in [0.05, 0.1) is 28.7 Å². The molecular weight excluding hydrogens is 390 g/mol. The van der Waals surface area contributed by atoms with Gasteiger partial charge in [0.15, 0.2) is 5.11 Å². The van der Waals surface area contributed by atoms with Crippen molar-refractivity contribution < 1.29 is 15.0 Å². The maximum Gasteiger partial charge on any atom is 0.335 e. The summed E-state index contributed by atoms with van der Waals surface area (Å²) in [4.78, 5) is 11.0. The number of anilines is 1. The molecule has 0 aliphatic rings. The van der Waals surface area contributed by atoms with Crippen molar-refractivity contribution in [3.8, 4) is 11.6 Å². The average molecular weight is 409 g/mol. The smallest absolute Gasteiger partial charge is 0.335 e. The zero-order valence-corrected chi connectivity index (χ0v) is 16.6. The molecule has 3 rings (SSSR count). The number of aryl methyl sites for hydroxylation is 2. The highest BCUT2D eigenvalue weighted by molar-refractivity contribution is 7.80. The normalized spacial score (nSPS) is 10.8. The van der Waals surface area contributed by atoms with E-state index in [1.165, 1.54) is 23.0 Å². The molecule has 0 fully saturated rings. The first kappa shape index (κ1) is 20.0. The molecule has 8 nitrogen and oxygen atoms in total. The summed E-state index contributed by atoms with van der Waals surface area (Å²) in [5.74, 6) is -1.06. The number of thiocarbonyl (C=S) groups is 1. The van der Waals surface area contributed by atoms with Crippen LogP contribution in [0, 0.1) is 13.8 Å². The van der Waals surface area contributed by atoms with Crippen LogP contribution < -0.4 is 10.7 Å². The van der Waals surface area contributed by atoms with Crippen molar-refractivity contribution in [1.82, 2.24) is 15.2 Å². The van der Waals surface area contributed by atoms with E-state index in [-0.39, 0.29) is 16.6 Å². The van der Waals surface area contributed by atoms with Crippen molar-refractivity contribution in [2.75, 3.05) is 5.32 Å². The van der Waals surface area contributed by atoms with Crippen molar-refractivity contribution in [3.05, 3.63) is 70.9 Å². The zero-order chi connectivity index (χ0) is 21.0. The minimum absolute atomic E-state index is 0.0371. The molecule has 1 aromatic heterocycles. The molecule has 0 aliphatic heterocycles. The second-order valence-electron chi connectivity index (χ2n) is 6.28. The van der Waals surface area contributed by atoms with Crippen LogP contribution >= 0.6 is 12.2 Å². The van der Waals surface area contributed by atoms with E-state index in [0.717, 1.165) is 11.3 Å². The molecule has 0 unspecified atom stereocenters. The first-order chi connectivity index (χ1) is 13.8. The third kappa shape index (κ3) is 4.77. The molecule has 0 bridgehead atoms. The van der Waals surface area contributed by atoms with Crippen molar-refractivity contribution in [1.29, 1.82) is 0 Å². The van der Waals surface area contributed by atoms with Gasteiger partial charge >= 0.3 is 5.97 Å². The number of nitrogens with one attached hydrogen (secondary N) is 2. The number of benzene rings is 2. The number of hydrogen-bond donors (Lipinski definition) is 4. The monoisotopic (exact) mass is 409 g/mol. The highest BCUT2D eigenvalue weighted by Gasteiger charge is 2.14. The van der Waals surface area contributed by atoms with Crippen LogP contribution in [-0.2, 0) is 0 Å². The van der Waals surface area contributed by atoms with E-state index in [0.29, 0.717) is 16.9 Å².